The summed E-state index contributed by atoms with van der Waals surface area (Å²) in [6, 6.07) is 4.02. The van der Waals surface area contributed by atoms with Crippen molar-refractivity contribution < 1.29 is 17.9 Å². The third-order valence-electron chi connectivity index (χ3n) is 4.75. The standard InChI is InChI=1S/C18H29N3O4S/c1-4-13(3)17(19)18(22)20-14-8-9-15(25-5-2)16(12-14)26(23,24)21-10-6-7-11-21/h8-9,12-13,17H,4-7,10-11,19H2,1-3H3,(H,20,22). The van der Waals surface area contributed by atoms with E-state index in [-0.39, 0.29) is 16.7 Å². The summed E-state index contributed by atoms with van der Waals surface area (Å²) in [4.78, 5) is 12.4. The number of hydrogen-bond donors (Lipinski definition) is 2. The Bertz CT molecular complexity index is 730. The fraction of sp³-hybridized carbons (Fsp3) is 0.611. The third-order valence-corrected chi connectivity index (χ3v) is 6.67. The average Bonchev–Trinajstić information content (AvgIpc) is 3.17. The first-order chi connectivity index (χ1) is 12.3. The van der Waals surface area contributed by atoms with Crippen LogP contribution in [-0.2, 0) is 14.8 Å². The lowest BCUT2D eigenvalue weighted by atomic mass is 9.99. The van der Waals surface area contributed by atoms with E-state index in [4.69, 9.17) is 10.5 Å². The molecule has 2 atom stereocenters. The predicted octanol–water partition coefficient (Wildman–Crippen LogP) is 2.18. The van der Waals surface area contributed by atoms with E-state index >= 15 is 0 Å². The zero-order chi connectivity index (χ0) is 19.3. The number of ether oxygens (including phenoxy) is 1. The molecule has 1 aliphatic rings. The highest BCUT2D eigenvalue weighted by atomic mass is 32.2. The van der Waals surface area contributed by atoms with E-state index in [0.717, 1.165) is 19.3 Å². The maximum Gasteiger partial charge on any atom is 0.246 e. The number of rotatable bonds is 8. The van der Waals surface area contributed by atoms with Crippen molar-refractivity contribution >= 4 is 21.6 Å². The van der Waals surface area contributed by atoms with E-state index in [9.17, 15) is 13.2 Å². The number of hydrogen-bond acceptors (Lipinski definition) is 5. The van der Waals surface area contributed by atoms with Gasteiger partial charge in [0, 0.05) is 18.8 Å². The molecule has 3 N–H and O–H groups in total. The molecule has 0 spiro atoms. The van der Waals surface area contributed by atoms with Gasteiger partial charge in [0.2, 0.25) is 15.9 Å². The maximum absolute atomic E-state index is 13.0. The van der Waals surface area contributed by atoms with Crippen LogP contribution in [0.5, 0.6) is 5.75 Å². The quantitative estimate of drug-likeness (QED) is 0.716. The molecule has 1 fully saturated rings. The molecule has 1 aliphatic heterocycles. The van der Waals surface area contributed by atoms with Crippen LogP contribution in [-0.4, -0.2) is 44.4 Å². The second-order valence-corrected chi connectivity index (χ2v) is 8.51. The average molecular weight is 384 g/mol. The van der Waals surface area contributed by atoms with Gasteiger partial charge in [-0.15, -0.1) is 0 Å². The minimum absolute atomic E-state index is 0.0329. The molecule has 0 aliphatic carbocycles. The molecule has 2 unspecified atom stereocenters. The van der Waals surface area contributed by atoms with Crippen molar-refractivity contribution in [3.63, 3.8) is 0 Å². The van der Waals surface area contributed by atoms with Gasteiger partial charge in [-0.25, -0.2) is 8.42 Å². The summed E-state index contributed by atoms with van der Waals surface area (Å²) in [5.41, 5.74) is 6.36. The number of amides is 1. The lowest BCUT2D eigenvalue weighted by Crippen LogP contribution is -2.40. The van der Waals surface area contributed by atoms with E-state index < -0.39 is 16.1 Å². The molecule has 8 heteroatoms. The molecule has 1 saturated heterocycles. The zero-order valence-corrected chi connectivity index (χ0v) is 16.5. The van der Waals surface area contributed by atoms with Gasteiger partial charge < -0.3 is 15.8 Å². The van der Waals surface area contributed by atoms with E-state index in [0.29, 0.717) is 31.1 Å². The van der Waals surface area contributed by atoms with Gasteiger partial charge in [-0.1, -0.05) is 20.3 Å². The number of sulfonamides is 1. The highest BCUT2D eigenvalue weighted by molar-refractivity contribution is 7.89. The van der Waals surface area contributed by atoms with Crippen molar-refractivity contribution in [2.24, 2.45) is 11.7 Å². The summed E-state index contributed by atoms with van der Waals surface area (Å²) in [6.07, 6.45) is 2.49. The Hall–Kier alpha value is -1.64. The van der Waals surface area contributed by atoms with Gasteiger partial charge in [0.25, 0.3) is 0 Å². The normalized spacial score (nSPS) is 17.7. The summed E-state index contributed by atoms with van der Waals surface area (Å²) < 4.78 is 32.9. The maximum atomic E-state index is 13.0. The van der Waals surface area contributed by atoms with Crippen LogP contribution in [0.2, 0.25) is 0 Å². The first-order valence-corrected chi connectivity index (χ1v) is 10.6. The highest BCUT2D eigenvalue weighted by Crippen LogP contribution is 2.31. The lowest BCUT2D eigenvalue weighted by molar-refractivity contribution is -0.118. The number of carbonyl (C=O) groups is 1. The molecule has 1 heterocycles. The molecule has 2 rings (SSSR count). The first-order valence-electron chi connectivity index (χ1n) is 9.14. The molecular formula is C18H29N3O4S. The number of anilines is 1. The number of carbonyl (C=O) groups excluding carboxylic acids is 1. The summed E-state index contributed by atoms with van der Waals surface area (Å²) in [5.74, 6) is 0.00200. The predicted molar refractivity (Wildman–Crippen MR) is 102 cm³/mol. The lowest BCUT2D eigenvalue weighted by Gasteiger charge is -2.20. The van der Waals surface area contributed by atoms with Crippen molar-refractivity contribution in [1.82, 2.24) is 4.31 Å². The topological polar surface area (TPSA) is 102 Å². The molecule has 7 nitrogen and oxygen atoms in total. The van der Waals surface area contributed by atoms with Gasteiger partial charge in [-0.3, -0.25) is 4.79 Å². The van der Waals surface area contributed by atoms with Crippen LogP contribution in [0.15, 0.2) is 23.1 Å². The first kappa shape index (κ1) is 20.7. The van der Waals surface area contributed by atoms with Gasteiger partial charge in [-0.2, -0.15) is 4.31 Å². The Morgan fingerprint density at radius 2 is 1.96 bits per heavy atom. The Labute approximate surface area is 155 Å². The van der Waals surface area contributed by atoms with Crippen LogP contribution in [0, 0.1) is 5.92 Å². The van der Waals surface area contributed by atoms with Crippen molar-refractivity contribution in [2.75, 3.05) is 25.0 Å². The largest absolute Gasteiger partial charge is 0.492 e. The van der Waals surface area contributed by atoms with Crippen molar-refractivity contribution in [1.29, 1.82) is 0 Å². The van der Waals surface area contributed by atoms with Crippen LogP contribution in [0.4, 0.5) is 5.69 Å². The molecule has 0 aromatic heterocycles. The second kappa shape index (κ2) is 8.83. The van der Waals surface area contributed by atoms with Crippen LogP contribution in [0.1, 0.15) is 40.0 Å². The van der Waals surface area contributed by atoms with Crippen LogP contribution < -0.4 is 15.8 Å². The SMILES string of the molecule is CCOc1ccc(NC(=O)C(N)C(C)CC)cc1S(=O)(=O)N1CCCC1. The summed E-state index contributed by atoms with van der Waals surface area (Å²) in [5, 5.41) is 2.73. The molecule has 1 aromatic rings. The smallest absolute Gasteiger partial charge is 0.246 e. The summed E-state index contributed by atoms with van der Waals surface area (Å²) in [6.45, 7) is 7.04. The summed E-state index contributed by atoms with van der Waals surface area (Å²) >= 11 is 0. The molecule has 146 valence electrons. The minimum Gasteiger partial charge on any atom is -0.492 e. The Morgan fingerprint density at radius 3 is 2.54 bits per heavy atom. The fourth-order valence-corrected chi connectivity index (χ4v) is 4.54. The van der Waals surface area contributed by atoms with Gasteiger partial charge in [0.1, 0.15) is 10.6 Å². The fourth-order valence-electron chi connectivity index (χ4n) is 2.87. The molecule has 1 aromatic carbocycles. The minimum atomic E-state index is -3.67. The Kier molecular flexibility index (Phi) is 7.02. The molecule has 0 saturated carbocycles. The number of nitrogens with zero attached hydrogens (tertiary/aromatic N) is 1. The second-order valence-electron chi connectivity index (χ2n) is 6.61. The molecule has 0 bridgehead atoms. The van der Waals surface area contributed by atoms with Gasteiger partial charge in [0.15, 0.2) is 0 Å². The van der Waals surface area contributed by atoms with Crippen molar-refractivity contribution in [3.8, 4) is 5.75 Å². The number of nitrogens with two attached hydrogens (primary N) is 1. The van der Waals surface area contributed by atoms with E-state index in [1.165, 1.54) is 10.4 Å². The van der Waals surface area contributed by atoms with Gasteiger partial charge in [-0.05, 0) is 43.9 Å². The Balaban J connectivity index is 2.32. The van der Waals surface area contributed by atoms with E-state index in [1.54, 1.807) is 19.1 Å². The molecule has 0 radical (unpaired) electrons. The van der Waals surface area contributed by atoms with E-state index in [1.807, 2.05) is 13.8 Å². The monoisotopic (exact) mass is 383 g/mol. The highest BCUT2D eigenvalue weighted by Gasteiger charge is 2.30. The Morgan fingerprint density at radius 1 is 1.31 bits per heavy atom. The van der Waals surface area contributed by atoms with Gasteiger partial charge in [0.05, 0.1) is 12.6 Å². The molecule has 26 heavy (non-hydrogen) atoms. The number of benzene rings is 1. The van der Waals surface area contributed by atoms with Crippen LogP contribution in [0.3, 0.4) is 0 Å². The molecular weight excluding hydrogens is 354 g/mol. The van der Waals surface area contributed by atoms with Crippen molar-refractivity contribution in [2.45, 2.75) is 51.0 Å². The van der Waals surface area contributed by atoms with Crippen LogP contribution >= 0.6 is 0 Å². The summed E-state index contributed by atoms with van der Waals surface area (Å²) in [7, 11) is -3.67. The van der Waals surface area contributed by atoms with Gasteiger partial charge >= 0.3 is 0 Å². The van der Waals surface area contributed by atoms with E-state index in [2.05, 4.69) is 5.32 Å². The van der Waals surface area contributed by atoms with Crippen LogP contribution in [0.25, 0.3) is 0 Å². The van der Waals surface area contributed by atoms with Crippen molar-refractivity contribution in [3.05, 3.63) is 18.2 Å². The zero-order valence-electron chi connectivity index (χ0n) is 15.7. The third kappa shape index (κ3) is 4.55. The molecule has 1 amide bonds. The number of nitrogens with one attached hydrogen (secondary N) is 1.